The molecule has 0 aliphatic heterocycles. The topological polar surface area (TPSA) is 97.8 Å². The molecule has 9 heteroatoms. The van der Waals surface area contributed by atoms with Gasteiger partial charge in [0.25, 0.3) is 5.91 Å². The molecule has 2 aromatic rings. The van der Waals surface area contributed by atoms with Gasteiger partial charge in [-0.05, 0) is 39.8 Å². The summed E-state index contributed by atoms with van der Waals surface area (Å²) in [6.07, 6.45) is -1.59. The van der Waals surface area contributed by atoms with Gasteiger partial charge in [-0.15, -0.1) is 11.3 Å². The van der Waals surface area contributed by atoms with Gasteiger partial charge in [-0.1, -0.05) is 12.1 Å². The number of carbonyl (C=O) groups is 3. The van der Waals surface area contributed by atoms with Crippen molar-refractivity contribution in [3.8, 4) is 0 Å². The number of rotatable bonds is 7. The summed E-state index contributed by atoms with van der Waals surface area (Å²) < 4.78 is 11.3. The van der Waals surface area contributed by atoms with Crippen LogP contribution in [0.3, 0.4) is 0 Å². The average Bonchev–Trinajstić information content (AvgIpc) is 3.01. The highest BCUT2D eigenvalue weighted by atomic mass is 32.1. The van der Waals surface area contributed by atoms with Gasteiger partial charge in [0.05, 0.1) is 23.2 Å². The van der Waals surface area contributed by atoms with E-state index in [0.29, 0.717) is 6.54 Å². The summed E-state index contributed by atoms with van der Waals surface area (Å²) in [4.78, 5) is 41.9. The zero-order chi connectivity index (χ0) is 21.6. The fourth-order valence-corrected chi connectivity index (χ4v) is 3.49. The second kappa shape index (κ2) is 9.69. The van der Waals surface area contributed by atoms with Crippen molar-refractivity contribution in [2.75, 3.05) is 13.6 Å². The number of carbonyl (C=O) groups excluding carboxylic acids is 3. The highest BCUT2D eigenvalue weighted by Crippen LogP contribution is 2.22. The molecule has 0 saturated heterocycles. The number of hydrogen-bond donors (Lipinski definition) is 1. The maximum Gasteiger partial charge on any atom is 0.407 e. The highest BCUT2D eigenvalue weighted by molar-refractivity contribution is 7.18. The zero-order valence-corrected chi connectivity index (χ0v) is 18.2. The van der Waals surface area contributed by atoms with E-state index >= 15 is 0 Å². The molecule has 0 fully saturated rings. The molecular weight excluding hydrogens is 394 g/mol. The molecule has 8 nitrogen and oxygen atoms in total. The number of nitrogens with one attached hydrogen (secondary N) is 1. The van der Waals surface area contributed by atoms with E-state index < -0.39 is 23.8 Å². The van der Waals surface area contributed by atoms with Crippen LogP contribution < -0.4 is 5.32 Å². The molecule has 0 spiro atoms. The van der Waals surface area contributed by atoms with Crippen molar-refractivity contribution < 1.29 is 23.9 Å². The molecule has 0 aliphatic rings. The number of esters is 1. The van der Waals surface area contributed by atoms with Crippen LogP contribution in [0.2, 0.25) is 0 Å². The van der Waals surface area contributed by atoms with Gasteiger partial charge in [0.2, 0.25) is 0 Å². The molecule has 0 bridgehead atoms. The summed E-state index contributed by atoms with van der Waals surface area (Å²) >= 11 is 1.52. The van der Waals surface area contributed by atoms with Crippen molar-refractivity contribution in [2.45, 2.75) is 52.4 Å². The van der Waals surface area contributed by atoms with Gasteiger partial charge in [-0.3, -0.25) is 9.59 Å². The van der Waals surface area contributed by atoms with E-state index in [1.807, 2.05) is 24.3 Å². The highest BCUT2D eigenvalue weighted by Gasteiger charge is 2.23. The Morgan fingerprint density at radius 2 is 1.93 bits per heavy atom. The van der Waals surface area contributed by atoms with Gasteiger partial charge in [0, 0.05) is 13.6 Å². The Morgan fingerprint density at radius 1 is 1.24 bits per heavy atom. The van der Waals surface area contributed by atoms with Crippen LogP contribution in [0.1, 0.15) is 39.1 Å². The van der Waals surface area contributed by atoms with Gasteiger partial charge in [-0.2, -0.15) is 0 Å². The molecular formula is C20H27N3O5S. The molecule has 1 unspecified atom stereocenters. The first-order valence-corrected chi connectivity index (χ1v) is 10.1. The monoisotopic (exact) mass is 421 g/mol. The molecule has 1 N–H and O–H groups in total. The Labute approximate surface area is 174 Å². The number of alkyl carbamates (subject to hydrolysis) is 1. The van der Waals surface area contributed by atoms with E-state index in [1.165, 1.54) is 23.2 Å². The lowest BCUT2D eigenvalue weighted by Crippen LogP contribution is -2.38. The number of ether oxygens (including phenoxy) is 2. The van der Waals surface area contributed by atoms with Crippen LogP contribution in [-0.2, 0) is 25.6 Å². The smallest absolute Gasteiger partial charge is 0.407 e. The first-order valence-electron chi connectivity index (χ1n) is 9.31. The molecule has 29 heavy (non-hydrogen) atoms. The summed E-state index contributed by atoms with van der Waals surface area (Å²) in [6.45, 7) is 7.17. The Bertz CT molecular complexity index is 841. The predicted molar refractivity (Wildman–Crippen MR) is 111 cm³/mol. The third-order valence-electron chi connectivity index (χ3n) is 3.74. The summed E-state index contributed by atoms with van der Waals surface area (Å²) in [5.74, 6) is -0.895. The molecule has 1 heterocycles. The summed E-state index contributed by atoms with van der Waals surface area (Å²) in [5.41, 5.74) is 0.282. The minimum absolute atomic E-state index is 0.0571. The van der Waals surface area contributed by atoms with Crippen molar-refractivity contribution in [3.05, 3.63) is 29.3 Å². The van der Waals surface area contributed by atoms with Gasteiger partial charge >= 0.3 is 12.1 Å². The normalized spacial score (nSPS) is 12.3. The molecule has 1 aromatic heterocycles. The number of para-hydroxylation sites is 1. The molecule has 158 valence electrons. The number of hydrogen-bond acceptors (Lipinski definition) is 7. The number of thiazole rings is 1. The lowest BCUT2D eigenvalue weighted by Gasteiger charge is -2.21. The maximum absolute atomic E-state index is 12.5. The largest absolute Gasteiger partial charge is 0.452 e. The minimum Gasteiger partial charge on any atom is -0.452 e. The van der Waals surface area contributed by atoms with Gasteiger partial charge in [0.15, 0.2) is 6.10 Å². The van der Waals surface area contributed by atoms with Crippen LogP contribution in [0.25, 0.3) is 10.2 Å². The van der Waals surface area contributed by atoms with E-state index in [4.69, 9.17) is 9.47 Å². The van der Waals surface area contributed by atoms with E-state index in [-0.39, 0.29) is 18.9 Å². The molecule has 0 saturated carbocycles. The van der Waals surface area contributed by atoms with Crippen LogP contribution in [-0.4, -0.2) is 53.2 Å². The number of likely N-dealkylation sites (N-methyl/N-ethyl adjacent to an activating group) is 1. The van der Waals surface area contributed by atoms with Crippen molar-refractivity contribution in [1.82, 2.24) is 15.2 Å². The first-order chi connectivity index (χ1) is 13.5. The maximum atomic E-state index is 12.5. The van der Waals surface area contributed by atoms with Gasteiger partial charge in [0.1, 0.15) is 10.6 Å². The van der Waals surface area contributed by atoms with Crippen molar-refractivity contribution in [1.29, 1.82) is 0 Å². The fraction of sp³-hybridized carbons (Fsp3) is 0.500. The van der Waals surface area contributed by atoms with E-state index in [9.17, 15) is 14.4 Å². The summed E-state index contributed by atoms with van der Waals surface area (Å²) in [7, 11) is 1.64. The Hall–Kier alpha value is -2.68. The van der Waals surface area contributed by atoms with Crippen LogP contribution in [0.5, 0.6) is 0 Å². The van der Waals surface area contributed by atoms with Crippen LogP contribution in [0.15, 0.2) is 24.3 Å². The van der Waals surface area contributed by atoms with Crippen molar-refractivity contribution >= 4 is 39.5 Å². The second-order valence-corrected chi connectivity index (χ2v) is 8.70. The second-order valence-electron chi connectivity index (χ2n) is 7.58. The van der Waals surface area contributed by atoms with Crippen LogP contribution >= 0.6 is 11.3 Å². The molecule has 0 aliphatic carbocycles. The lowest BCUT2D eigenvalue weighted by atomic mass is 10.2. The molecule has 2 amide bonds. The number of fused-ring (bicyclic) bond motifs is 1. The lowest BCUT2D eigenvalue weighted by molar-refractivity contribution is -0.158. The molecule has 1 atom stereocenters. The Balaban J connectivity index is 1.76. The summed E-state index contributed by atoms with van der Waals surface area (Å²) in [6, 6.07) is 7.76. The molecule has 0 radical (unpaired) electrons. The summed E-state index contributed by atoms with van der Waals surface area (Å²) in [5, 5.41) is 3.28. The first kappa shape index (κ1) is 22.6. The average molecular weight is 422 g/mol. The minimum atomic E-state index is -0.927. The van der Waals surface area contributed by atoms with Crippen LogP contribution in [0, 0.1) is 0 Å². The van der Waals surface area contributed by atoms with E-state index in [0.717, 1.165) is 15.2 Å². The number of aromatic nitrogens is 1. The quantitative estimate of drug-likeness (QED) is 0.690. The predicted octanol–water partition coefficient (Wildman–Crippen LogP) is 3.10. The number of nitrogens with zero attached hydrogens (tertiary/aromatic N) is 2. The third-order valence-corrected chi connectivity index (χ3v) is 4.76. The Kier molecular flexibility index (Phi) is 7.55. The van der Waals surface area contributed by atoms with Crippen molar-refractivity contribution in [3.63, 3.8) is 0 Å². The van der Waals surface area contributed by atoms with E-state index in [1.54, 1.807) is 27.8 Å². The molecule has 2 rings (SSSR count). The Morgan fingerprint density at radius 3 is 2.59 bits per heavy atom. The number of benzene rings is 1. The van der Waals surface area contributed by atoms with Crippen molar-refractivity contribution in [2.24, 2.45) is 0 Å². The third kappa shape index (κ3) is 7.34. The molecule has 1 aromatic carbocycles. The van der Waals surface area contributed by atoms with Gasteiger partial charge in [-0.25, -0.2) is 9.78 Å². The SMILES string of the molecule is CC(OC(=O)CCNC(=O)OC(C)(C)C)C(=O)N(C)Cc1nc2ccccc2s1. The zero-order valence-electron chi connectivity index (χ0n) is 17.4. The number of amides is 2. The fourth-order valence-electron chi connectivity index (χ4n) is 2.47. The van der Waals surface area contributed by atoms with Crippen LogP contribution in [0.4, 0.5) is 4.79 Å². The van der Waals surface area contributed by atoms with E-state index in [2.05, 4.69) is 10.3 Å². The van der Waals surface area contributed by atoms with Gasteiger partial charge < -0.3 is 19.7 Å². The standard InChI is InChI=1S/C20H27N3O5S/c1-13(27-17(24)10-11-21-19(26)28-20(2,3)4)18(25)23(5)12-16-22-14-8-6-7-9-15(14)29-16/h6-9,13H,10-12H2,1-5H3,(H,21,26).